The van der Waals surface area contributed by atoms with Gasteiger partial charge in [-0.25, -0.2) is 0 Å². The summed E-state index contributed by atoms with van der Waals surface area (Å²) in [7, 11) is 6.02. The lowest BCUT2D eigenvalue weighted by Gasteiger charge is -2.26. The molecule has 4 rings (SSSR count). The van der Waals surface area contributed by atoms with Crippen LogP contribution in [0, 0.1) is 12.8 Å². The van der Waals surface area contributed by atoms with Crippen LogP contribution in [0.2, 0.25) is 0 Å². The second-order valence-electron chi connectivity index (χ2n) is 7.79. The molecule has 0 saturated carbocycles. The summed E-state index contributed by atoms with van der Waals surface area (Å²) in [5, 5.41) is 7.40. The number of hydrogen-bond acceptors (Lipinski definition) is 4. The zero-order chi connectivity index (χ0) is 21.0. The van der Waals surface area contributed by atoms with Gasteiger partial charge in [0, 0.05) is 29.5 Å². The van der Waals surface area contributed by atoms with Crippen LogP contribution >= 0.6 is 0 Å². The smallest absolute Gasteiger partial charge is 0.263 e. The Hall–Kier alpha value is -2.79. The average Bonchev–Trinajstić information content (AvgIpc) is 2.74. The van der Waals surface area contributed by atoms with Gasteiger partial charge in [-0.1, -0.05) is 23.4 Å². The van der Waals surface area contributed by atoms with Crippen LogP contribution in [0.3, 0.4) is 0 Å². The third-order valence-corrected chi connectivity index (χ3v) is 5.73. The van der Waals surface area contributed by atoms with Crippen molar-refractivity contribution in [1.29, 1.82) is 0 Å². The number of pyridine rings is 1. The minimum absolute atomic E-state index is 0.793. The Kier molecular flexibility index (Phi) is 6.60. The van der Waals surface area contributed by atoms with Crippen LogP contribution in [0.4, 0.5) is 17.1 Å². The van der Waals surface area contributed by atoms with Crippen LogP contribution in [0.5, 0.6) is 0 Å². The fourth-order valence-electron chi connectivity index (χ4n) is 3.62. The van der Waals surface area contributed by atoms with Gasteiger partial charge in [0.2, 0.25) is 5.69 Å². The first kappa shape index (κ1) is 20.9. The summed E-state index contributed by atoms with van der Waals surface area (Å²) in [4.78, 5) is 6.79. The fraction of sp³-hybridized carbons (Fsp3) is 0.375. The van der Waals surface area contributed by atoms with E-state index in [1.807, 2.05) is 38.0 Å². The molecule has 0 atom stereocenters. The molecular formula is C24H32N5+. The second-order valence-corrected chi connectivity index (χ2v) is 7.79. The largest absolute Gasteiger partial charge is 0.387 e. The molecule has 0 aliphatic carbocycles. The quantitative estimate of drug-likeness (QED) is 0.563. The minimum Gasteiger partial charge on any atom is -0.387 e. The van der Waals surface area contributed by atoms with Gasteiger partial charge in [-0.3, -0.25) is 4.98 Å². The first-order chi connectivity index (χ1) is 13.9. The minimum atomic E-state index is 0.793. The van der Waals surface area contributed by atoms with Gasteiger partial charge in [-0.15, -0.1) is 6.58 Å². The molecule has 3 heterocycles. The van der Waals surface area contributed by atoms with Gasteiger partial charge in [0.1, 0.15) is 0 Å². The molecule has 152 valence electrons. The van der Waals surface area contributed by atoms with Crippen LogP contribution in [0.1, 0.15) is 29.7 Å². The molecule has 2 aliphatic rings. The number of piperidine rings is 1. The normalized spacial score (nSPS) is 15.9. The first-order valence-corrected chi connectivity index (χ1v) is 10.2. The predicted octanol–water partition coefficient (Wildman–Crippen LogP) is 5.38. The van der Waals surface area contributed by atoms with Gasteiger partial charge in [-0.2, -0.15) is 0 Å². The van der Waals surface area contributed by atoms with Gasteiger partial charge in [0.25, 0.3) is 5.69 Å². The van der Waals surface area contributed by atoms with Gasteiger partial charge < -0.3 is 10.2 Å². The van der Waals surface area contributed by atoms with Crippen molar-refractivity contribution in [3.05, 3.63) is 66.5 Å². The number of nitrogens with zero attached hydrogens (tertiary/aromatic N) is 4. The van der Waals surface area contributed by atoms with Crippen molar-refractivity contribution in [1.82, 2.24) is 9.88 Å². The van der Waals surface area contributed by atoms with Crippen molar-refractivity contribution in [2.24, 2.45) is 11.0 Å². The lowest BCUT2D eigenvalue weighted by Crippen LogP contribution is -2.29. The van der Waals surface area contributed by atoms with E-state index in [-0.39, 0.29) is 0 Å². The van der Waals surface area contributed by atoms with Crippen molar-refractivity contribution < 1.29 is 4.70 Å². The van der Waals surface area contributed by atoms with E-state index in [9.17, 15) is 0 Å². The molecule has 1 aromatic carbocycles. The summed E-state index contributed by atoms with van der Waals surface area (Å²) in [6.07, 6.45) is 6.53. The van der Waals surface area contributed by atoms with Crippen molar-refractivity contribution in [2.45, 2.75) is 19.8 Å². The second kappa shape index (κ2) is 9.14. The summed E-state index contributed by atoms with van der Waals surface area (Å²) in [6.45, 7) is 12.5. The van der Waals surface area contributed by atoms with Crippen molar-refractivity contribution in [2.75, 3.05) is 39.5 Å². The van der Waals surface area contributed by atoms with E-state index in [1.165, 1.54) is 25.9 Å². The van der Waals surface area contributed by atoms with Crippen LogP contribution < -0.4 is 5.32 Å². The molecule has 0 amide bonds. The Balaban J connectivity index is 0.000000224. The summed E-state index contributed by atoms with van der Waals surface area (Å²) < 4.78 is 1.88. The Labute approximate surface area is 174 Å². The fourth-order valence-corrected chi connectivity index (χ4v) is 3.62. The Bertz CT molecular complexity index is 936. The summed E-state index contributed by atoms with van der Waals surface area (Å²) in [6, 6.07) is 8.29. The topological polar surface area (TPSA) is 43.5 Å². The number of aromatic nitrogens is 1. The number of rotatable bonds is 4. The average molecular weight is 391 g/mol. The number of likely N-dealkylation sites (tertiary alicyclic amines) is 1. The summed E-state index contributed by atoms with van der Waals surface area (Å²) >= 11 is 0. The van der Waals surface area contributed by atoms with Crippen LogP contribution in [0.25, 0.3) is 5.57 Å². The molecule has 5 nitrogen and oxygen atoms in total. The molecule has 0 spiro atoms. The highest BCUT2D eigenvalue weighted by Gasteiger charge is 2.25. The van der Waals surface area contributed by atoms with Crippen molar-refractivity contribution >= 4 is 22.6 Å². The van der Waals surface area contributed by atoms with Gasteiger partial charge in [0.05, 0.1) is 11.9 Å². The molecule has 1 N–H and O–H groups in total. The molecule has 2 aromatic rings. The Morgan fingerprint density at radius 3 is 2.62 bits per heavy atom. The van der Waals surface area contributed by atoms with Crippen LogP contribution in [0.15, 0.2) is 54.8 Å². The number of hydrogen-bond donors (Lipinski definition) is 1. The molecule has 5 heteroatoms. The molecule has 1 aromatic heterocycles. The highest BCUT2D eigenvalue weighted by Crippen LogP contribution is 2.39. The Morgan fingerprint density at radius 1 is 1.28 bits per heavy atom. The monoisotopic (exact) mass is 390 g/mol. The molecule has 0 radical (unpaired) electrons. The highest BCUT2D eigenvalue weighted by molar-refractivity contribution is 5.82. The maximum atomic E-state index is 4.41. The van der Waals surface area contributed by atoms with Crippen LogP contribution in [-0.2, 0) is 0 Å². The summed E-state index contributed by atoms with van der Waals surface area (Å²) in [5.41, 5.74) is 7.29. The van der Waals surface area contributed by atoms with E-state index in [4.69, 9.17) is 0 Å². The van der Waals surface area contributed by atoms with Crippen molar-refractivity contribution in [3.8, 4) is 0 Å². The van der Waals surface area contributed by atoms with Crippen molar-refractivity contribution in [3.63, 3.8) is 0 Å². The van der Waals surface area contributed by atoms with E-state index in [2.05, 4.69) is 64.8 Å². The van der Waals surface area contributed by atoms with E-state index >= 15 is 0 Å². The maximum absolute atomic E-state index is 4.41. The van der Waals surface area contributed by atoms with E-state index in [0.29, 0.717) is 0 Å². The Morgan fingerprint density at radius 2 is 2.00 bits per heavy atom. The number of aryl methyl sites for hydroxylation is 1. The molecule has 1 fully saturated rings. The molecule has 1 saturated heterocycles. The zero-order valence-electron chi connectivity index (χ0n) is 18.1. The van der Waals surface area contributed by atoms with Gasteiger partial charge in [-0.05, 0) is 69.1 Å². The number of fused-ring (bicyclic) bond motifs is 1. The molecule has 2 aliphatic heterocycles. The molecule has 0 bridgehead atoms. The summed E-state index contributed by atoms with van der Waals surface area (Å²) in [5.74, 6) is 0.793. The lowest BCUT2D eigenvalue weighted by atomic mass is 9.97. The SMILES string of the molecule is C=C(c1ccc2c(c1)[N+](C)=N2)c1cc(NC)cnc1C.C=CC1CCN(C)CC1. The van der Waals surface area contributed by atoms with E-state index in [1.54, 1.807) is 0 Å². The molecule has 29 heavy (non-hydrogen) atoms. The number of allylic oxidation sites excluding steroid dienone is 1. The van der Waals surface area contributed by atoms with Gasteiger partial charge in [0.15, 0.2) is 7.05 Å². The number of benzene rings is 1. The van der Waals surface area contributed by atoms with E-state index < -0.39 is 0 Å². The van der Waals surface area contributed by atoms with Crippen LogP contribution in [-0.4, -0.2) is 48.8 Å². The standard InChI is InChI=1S/C16H17N4.C8H15N/c1-10(14-8-13(17-3)9-18-11(14)2)12-5-6-15-16(7-12)20(4)19-15;1-3-8-4-6-9(2)7-5-8/h5-9,17H,1H2,2-4H3;3,8H,1,4-7H2,2H3/q+1;. The first-order valence-electron chi connectivity index (χ1n) is 10.2. The highest BCUT2D eigenvalue weighted by atomic mass is 15.3. The number of anilines is 1. The third kappa shape index (κ3) is 4.80. The molecule has 0 unspecified atom stereocenters. The third-order valence-electron chi connectivity index (χ3n) is 5.73. The lowest BCUT2D eigenvalue weighted by molar-refractivity contribution is -0.494. The van der Waals surface area contributed by atoms with E-state index in [0.717, 1.165) is 45.4 Å². The predicted molar refractivity (Wildman–Crippen MR) is 121 cm³/mol. The maximum Gasteiger partial charge on any atom is 0.263 e. The van der Waals surface area contributed by atoms with Gasteiger partial charge >= 0.3 is 0 Å². The number of azo groups is 2. The number of nitrogens with one attached hydrogen (secondary N) is 1. The molecular weight excluding hydrogens is 358 g/mol. The zero-order valence-corrected chi connectivity index (χ0v) is 18.1.